The fraction of sp³-hybridized carbons (Fsp3) is 0.316. The highest BCUT2D eigenvalue weighted by Crippen LogP contribution is 2.23. The number of rotatable bonds is 9. The van der Waals surface area contributed by atoms with Crippen LogP contribution in [0.1, 0.15) is 25.3 Å². The number of carbonyl (C=O) groups excluding carboxylic acids is 1. The molecule has 0 bridgehead atoms. The van der Waals surface area contributed by atoms with Crippen LogP contribution in [0.4, 0.5) is 5.69 Å². The van der Waals surface area contributed by atoms with Gasteiger partial charge in [-0.3, -0.25) is 4.79 Å². The van der Waals surface area contributed by atoms with Crippen molar-refractivity contribution in [1.82, 2.24) is 5.32 Å². The highest BCUT2D eigenvalue weighted by atomic mass is 16.5. The Hall–Kier alpha value is -2.33. The quantitative estimate of drug-likeness (QED) is 0.696. The number of amides is 1. The molecule has 0 atom stereocenters. The molecule has 0 fully saturated rings. The normalized spacial score (nSPS) is 10.3. The minimum absolute atomic E-state index is 0.0764. The number of carbonyl (C=O) groups is 1. The van der Waals surface area contributed by atoms with E-state index in [1.165, 1.54) is 0 Å². The van der Waals surface area contributed by atoms with E-state index < -0.39 is 0 Å². The van der Waals surface area contributed by atoms with Crippen LogP contribution in [0, 0.1) is 0 Å². The van der Waals surface area contributed by atoms with E-state index in [-0.39, 0.29) is 12.5 Å². The average molecular weight is 312 g/mol. The van der Waals surface area contributed by atoms with Gasteiger partial charge in [0.15, 0.2) is 0 Å². The molecule has 4 nitrogen and oxygen atoms in total. The Labute approximate surface area is 137 Å². The fourth-order valence-corrected chi connectivity index (χ4v) is 2.13. The topological polar surface area (TPSA) is 50.4 Å². The first-order valence-corrected chi connectivity index (χ1v) is 8.06. The summed E-state index contributed by atoms with van der Waals surface area (Å²) in [6, 6.07) is 17.5. The van der Waals surface area contributed by atoms with E-state index in [1.54, 1.807) is 0 Å². The van der Waals surface area contributed by atoms with Crippen LogP contribution < -0.4 is 15.4 Å². The number of anilines is 1. The van der Waals surface area contributed by atoms with E-state index in [0.717, 1.165) is 29.8 Å². The largest absolute Gasteiger partial charge is 0.491 e. The summed E-state index contributed by atoms with van der Waals surface area (Å²) in [7, 11) is 0. The second-order valence-electron chi connectivity index (χ2n) is 5.34. The van der Waals surface area contributed by atoms with Gasteiger partial charge in [0.2, 0.25) is 5.91 Å². The van der Waals surface area contributed by atoms with Gasteiger partial charge in [0.25, 0.3) is 0 Å². The van der Waals surface area contributed by atoms with Crippen molar-refractivity contribution in [3.63, 3.8) is 0 Å². The van der Waals surface area contributed by atoms with Crippen LogP contribution in [0.5, 0.6) is 5.75 Å². The SMILES string of the molecule is CCCCOc1ccccc1NC(=O)CNCc1ccccc1. The summed E-state index contributed by atoms with van der Waals surface area (Å²) in [4.78, 5) is 12.1. The van der Waals surface area contributed by atoms with Gasteiger partial charge in [-0.05, 0) is 24.1 Å². The predicted molar refractivity (Wildman–Crippen MR) is 93.6 cm³/mol. The molecule has 0 aliphatic rings. The Balaban J connectivity index is 1.80. The van der Waals surface area contributed by atoms with E-state index in [9.17, 15) is 4.79 Å². The maximum Gasteiger partial charge on any atom is 0.238 e. The third-order valence-electron chi connectivity index (χ3n) is 3.37. The Morgan fingerprint density at radius 2 is 1.78 bits per heavy atom. The van der Waals surface area contributed by atoms with Gasteiger partial charge in [-0.2, -0.15) is 0 Å². The van der Waals surface area contributed by atoms with E-state index in [2.05, 4.69) is 17.6 Å². The van der Waals surface area contributed by atoms with Crippen LogP contribution in [0.2, 0.25) is 0 Å². The number of ether oxygens (including phenoxy) is 1. The van der Waals surface area contributed by atoms with Crippen molar-refractivity contribution in [3.8, 4) is 5.75 Å². The van der Waals surface area contributed by atoms with E-state index in [0.29, 0.717) is 13.2 Å². The second-order valence-corrected chi connectivity index (χ2v) is 5.34. The van der Waals surface area contributed by atoms with Crippen LogP contribution in [-0.4, -0.2) is 19.1 Å². The summed E-state index contributed by atoms with van der Waals surface area (Å²) in [6.07, 6.45) is 2.08. The number of unbranched alkanes of at least 4 members (excludes halogenated alkanes) is 1. The van der Waals surface area contributed by atoms with Gasteiger partial charge in [-0.1, -0.05) is 55.8 Å². The molecule has 4 heteroatoms. The number of hydrogen-bond donors (Lipinski definition) is 2. The molecule has 2 aromatic rings. The zero-order valence-electron chi connectivity index (χ0n) is 13.5. The molecule has 2 N–H and O–H groups in total. The minimum atomic E-state index is -0.0764. The first kappa shape index (κ1) is 17.0. The van der Waals surface area contributed by atoms with Gasteiger partial charge in [-0.15, -0.1) is 0 Å². The van der Waals surface area contributed by atoms with Gasteiger partial charge in [-0.25, -0.2) is 0 Å². The molecule has 0 spiro atoms. The summed E-state index contributed by atoms with van der Waals surface area (Å²) in [5.74, 6) is 0.643. The summed E-state index contributed by atoms with van der Waals surface area (Å²) >= 11 is 0. The maximum absolute atomic E-state index is 12.1. The zero-order chi connectivity index (χ0) is 16.3. The first-order chi connectivity index (χ1) is 11.3. The molecule has 2 aromatic carbocycles. The van der Waals surface area contributed by atoms with Crippen LogP contribution >= 0.6 is 0 Å². The summed E-state index contributed by atoms with van der Waals surface area (Å²) < 4.78 is 5.72. The molecule has 0 saturated carbocycles. The molecule has 0 aromatic heterocycles. The second kappa shape index (κ2) is 9.64. The van der Waals surface area contributed by atoms with Gasteiger partial charge >= 0.3 is 0 Å². The lowest BCUT2D eigenvalue weighted by Gasteiger charge is -2.12. The van der Waals surface area contributed by atoms with Crippen LogP contribution in [-0.2, 0) is 11.3 Å². The lowest BCUT2D eigenvalue weighted by atomic mass is 10.2. The van der Waals surface area contributed by atoms with Crippen molar-refractivity contribution in [3.05, 3.63) is 60.2 Å². The number of hydrogen-bond acceptors (Lipinski definition) is 3. The van der Waals surface area contributed by atoms with E-state index in [4.69, 9.17) is 4.74 Å². The van der Waals surface area contributed by atoms with Crippen molar-refractivity contribution in [2.75, 3.05) is 18.5 Å². The van der Waals surface area contributed by atoms with E-state index >= 15 is 0 Å². The van der Waals surface area contributed by atoms with Crippen molar-refractivity contribution in [1.29, 1.82) is 0 Å². The predicted octanol–water partition coefficient (Wildman–Crippen LogP) is 3.59. The van der Waals surface area contributed by atoms with Crippen LogP contribution in [0.3, 0.4) is 0 Å². The average Bonchev–Trinajstić information content (AvgIpc) is 2.57. The smallest absolute Gasteiger partial charge is 0.238 e. The third-order valence-corrected chi connectivity index (χ3v) is 3.37. The van der Waals surface area contributed by atoms with Crippen molar-refractivity contribution in [2.45, 2.75) is 26.3 Å². The molecule has 0 aliphatic carbocycles. The number of para-hydroxylation sites is 2. The Kier molecular flexibility index (Phi) is 7.14. The molecular formula is C19H24N2O2. The van der Waals surface area contributed by atoms with Gasteiger partial charge in [0.05, 0.1) is 18.8 Å². The van der Waals surface area contributed by atoms with Crippen molar-refractivity contribution < 1.29 is 9.53 Å². The lowest BCUT2D eigenvalue weighted by molar-refractivity contribution is -0.115. The molecule has 2 rings (SSSR count). The number of benzene rings is 2. The van der Waals surface area contributed by atoms with Crippen molar-refractivity contribution >= 4 is 11.6 Å². The van der Waals surface area contributed by atoms with E-state index in [1.807, 2.05) is 54.6 Å². The van der Waals surface area contributed by atoms with Gasteiger partial charge in [0, 0.05) is 6.54 Å². The molecular weight excluding hydrogens is 288 g/mol. The summed E-state index contributed by atoms with van der Waals surface area (Å²) in [6.45, 7) is 3.71. The summed E-state index contributed by atoms with van der Waals surface area (Å²) in [5, 5.41) is 6.04. The minimum Gasteiger partial charge on any atom is -0.491 e. The molecule has 122 valence electrons. The molecule has 0 unspecified atom stereocenters. The molecule has 0 saturated heterocycles. The van der Waals surface area contributed by atoms with Gasteiger partial charge < -0.3 is 15.4 Å². The summed E-state index contributed by atoms with van der Waals surface area (Å²) in [5.41, 5.74) is 1.87. The highest BCUT2D eigenvalue weighted by Gasteiger charge is 2.07. The molecule has 23 heavy (non-hydrogen) atoms. The standard InChI is InChI=1S/C19H24N2O2/c1-2-3-13-23-18-12-8-7-11-17(18)21-19(22)15-20-14-16-9-5-4-6-10-16/h4-12,20H,2-3,13-15H2,1H3,(H,21,22). The maximum atomic E-state index is 12.1. The third kappa shape index (κ3) is 6.12. The molecule has 0 heterocycles. The first-order valence-electron chi connectivity index (χ1n) is 8.06. The zero-order valence-corrected chi connectivity index (χ0v) is 13.5. The Morgan fingerprint density at radius 3 is 2.57 bits per heavy atom. The fourth-order valence-electron chi connectivity index (χ4n) is 2.13. The Morgan fingerprint density at radius 1 is 1.04 bits per heavy atom. The monoisotopic (exact) mass is 312 g/mol. The molecule has 0 radical (unpaired) electrons. The lowest BCUT2D eigenvalue weighted by Crippen LogP contribution is -2.27. The van der Waals surface area contributed by atoms with Crippen LogP contribution in [0.25, 0.3) is 0 Å². The number of nitrogens with one attached hydrogen (secondary N) is 2. The molecule has 0 aliphatic heterocycles. The van der Waals surface area contributed by atoms with Crippen molar-refractivity contribution in [2.24, 2.45) is 0 Å². The Bertz CT molecular complexity index is 599. The van der Waals surface area contributed by atoms with Gasteiger partial charge in [0.1, 0.15) is 5.75 Å². The van der Waals surface area contributed by atoms with Crippen LogP contribution in [0.15, 0.2) is 54.6 Å². The highest BCUT2D eigenvalue weighted by molar-refractivity contribution is 5.93. The molecule has 1 amide bonds.